The molecule has 3 rings (SSSR count). The number of aromatic amines is 1. The van der Waals surface area contributed by atoms with Crippen LogP contribution < -0.4 is 0 Å². The molecule has 0 saturated carbocycles. The summed E-state index contributed by atoms with van der Waals surface area (Å²) in [5, 5.41) is 9.50. The van der Waals surface area contributed by atoms with Crippen LogP contribution in [-0.4, -0.2) is 40.5 Å². The molecule has 0 radical (unpaired) electrons. The number of benzene rings is 2. The van der Waals surface area contributed by atoms with Gasteiger partial charge in [-0.1, -0.05) is 30.3 Å². The normalized spacial score (nSPS) is 10.9. The number of hydrogen-bond acceptors (Lipinski definition) is 2. The number of nitrogens with zero attached hydrogens (tertiary/aromatic N) is 1. The molecule has 1 heterocycles. The zero-order valence-electron chi connectivity index (χ0n) is 15.7. The molecule has 0 atom stereocenters. The fourth-order valence-electron chi connectivity index (χ4n) is 3.35. The molecule has 5 nitrogen and oxygen atoms in total. The highest BCUT2D eigenvalue weighted by atomic mass is 19.1. The molecule has 28 heavy (non-hydrogen) atoms. The summed E-state index contributed by atoms with van der Waals surface area (Å²) in [5.74, 6) is -1.24. The standard InChI is InChI=1S/C22H23FN2O3/c1-25(13-5-8-21(27)28)20(26)12-10-17-18-14-16(23)9-11-19(18)24-22(17)15-6-3-2-4-7-15/h2-4,6-7,9,11,14,24H,5,8,10,12-13H2,1H3,(H,27,28). The Morgan fingerprint density at radius 1 is 1.11 bits per heavy atom. The number of nitrogens with one attached hydrogen (secondary N) is 1. The summed E-state index contributed by atoms with van der Waals surface area (Å²) in [5.41, 5.74) is 3.62. The molecule has 0 saturated heterocycles. The number of aliphatic carboxylic acids is 1. The average Bonchev–Trinajstić information content (AvgIpc) is 3.04. The monoisotopic (exact) mass is 382 g/mol. The minimum absolute atomic E-state index is 0.0392. The van der Waals surface area contributed by atoms with Crippen LogP contribution >= 0.6 is 0 Å². The molecule has 0 aliphatic heterocycles. The van der Waals surface area contributed by atoms with Crippen molar-refractivity contribution in [2.75, 3.05) is 13.6 Å². The van der Waals surface area contributed by atoms with E-state index in [1.807, 2.05) is 30.3 Å². The first-order valence-corrected chi connectivity index (χ1v) is 9.27. The van der Waals surface area contributed by atoms with Gasteiger partial charge in [-0.2, -0.15) is 0 Å². The molecule has 2 aromatic carbocycles. The quantitative estimate of drug-likeness (QED) is 0.612. The number of hydrogen-bond donors (Lipinski definition) is 2. The Morgan fingerprint density at radius 3 is 2.57 bits per heavy atom. The fourth-order valence-corrected chi connectivity index (χ4v) is 3.35. The Labute approximate surface area is 162 Å². The van der Waals surface area contributed by atoms with Crippen LogP contribution in [0.5, 0.6) is 0 Å². The highest BCUT2D eigenvalue weighted by Crippen LogP contribution is 2.31. The zero-order valence-corrected chi connectivity index (χ0v) is 15.7. The molecule has 1 aromatic heterocycles. The third-order valence-electron chi connectivity index (χ3n) is 4.83. The highest BCUT2D eigenvalue weighted by Gasteiger charge is 2.16. The number of fused-ring (bicyclic) bond motifs is 1. The number of carboxylic acid groups (broad SMARTS) is 1. The van der Waals surface area contributed by atoms with Crippen LogP contribution in [-0.2, 0) is 16.0 Å². The lowest BCUT2D eigenvalue weighted by molar-refractivity contribution is -0.138. The Bertz CT molecular complexity index is 982. The summed E-state index contributed by atoms with van der Waals surface area (Å²) >= 11 is 0. The van der Waals surface area contributed by atoms with Crippen molar-refractivity contribution in [2.24, 2.45) is 0 Å². The lowest BCUT2D eigenvalue weighted by Crippen LogP contribution is -2.28. The first-order valence-electron chi connectivity index (χ1n) is 9.27. The molecular weight excluding hydrogens is 359 g/mol. The van der Waals surface area contributed by atoms with E-state index in [1.54, 1.807) is 18.0 Å². The van der Waals surface area contributed by atoms with Crippen molar-refractivity contribution < 1.29 is 19.1 Å². The van der Waals surface area contributed by atoms with E-state index in [0.29, 0.717) is 19.4 Å². The number of carbonyl (C=O) groups is 2. The Balaban J connectivity index is 1.80. The van der Waals surface area contributed by atoms with Crippen LogP contribution in [0.3, 0.4) is 0 Å². The average molecular weight is 382 g/mol. The molecule has 3 aromatic rings. The largest absolute Gasteiger partial charge is 0.481 e. The molecule has 0 fully saturated rings. The minimum Gasteiger partial charge on any atom is -0.481 e. The predicted octanol–water partition coefficient (Wildman–Crippen LogP) is 4.23. The molecule has 0 aliphatic rings. The summed E-state index contributed by atoms with van der Waals surface area (Å²) in [6.07, 6.45) is 1.20. The van der Waals surface area contributed by atoms with E-state index in [0.717, 1.165) is 27.7 Å². The van der Waals surface area contributed by atoms with Gasteiger partial charge in [0.25, 0.3) is 0 Å². The number of aryl methyl sites for hydroxylation is 1. The number of amides is 1. The van der Waals surface area contributed by atoms with E-state index < -0.39 is 5.97 Å². The lowest BCUT2D eigenvalue weighted by Gasteiger charge is -2.16. The van der Waals surface area contributed by atoms with Gasteiger partial charge in [-0.05, 0) is 42.2 Å². The SMILES string of the molecule is CN(CCCC(=O)O)C(=O)CCc1c(-c2ccccc2)[nH]c2ccc(F)cc12. The van der Waals surface area contributed by atoms with Crippen LogP contribution in [0.4, 0.5) is 4.39 Å². The van der Waals surface area contributed by atoms with Crippen LogP contribution in [0.15, 0.2) is 48.5 Å². The van der Waals surface area contributed by atoms with Gasteiger partial charge < -0.3 is 15.0 Å². The van der Waals surface area contributed by atoms with Gasteiger partial charge in [0.1, 0.15) is 5.82 Å². The maximum atomic E-state index is 13.8. The summed E-state index contributed by atoms with van der Waals surface area (Å²) < 4.78 is 13.8. The maximum Gasteiger partial charge on any atom is 0.303 e. The van der Waals surface area contributed by atoms with Gasteiger partial charge in [-0.15, -0.1) is 0 Å². The molecule has 0 aliphatic carbocycles. The minimum atomic E-state index is -0.867. The van der Waals surface area contributed by atoms with E-state index in [9.17, 15) is 14.0 Å². The van der Waals surface area contributed by atoms with Gasteiger partial charge in [0.2, 0.25) is 5.91 Å². The number of aromatic nitrogens is 1. The van der Waals surface area contributed by atoms with Gasteiger partial charge in [0.05, 0.1) is 0 Å². The number of halogens is 1. The predicted molar refractivity (Wildman–Crippen MR) is 107 cm³/mol. The molecule has 1 amide bonds. The number of H-pyrrole nitrogens is 1. The molecule has 146 valence electrons. The summed E-state index contributed by atoms with van der Waals surface area (Å²) in [4.78, 5) is 28.0. The molecule has 2 N–H and O–H groups in total. The molecule has 0 spiro atoms. The number of rotatable bonds is 8. The Hall–Kier alpha value is -3.15. The van der Waals surface area contributed by atoms with E-state index in [2.05, 4.69) is 4.98 Å². The van der Waals surface area contributed by atoms with E-state index >= 15 is 0 Å². The van der Waals surface area contributed by atoms with Crippen LogP contribution in [0, 0.1) is 5.82 Å². The van der Waals surface area contributed by atoms with Crippen molar-refractivity contribution in [3.8, 4) is 11.3 Å². The molecular formula is C22H23FN2O3. The van der Waals surface area contributed by atoms with E-state index in [1.165, 1.54) is 12.1 Å². The van der Waals surface area contributed by atoms with Crippen LogP contribution in [0.1, 0.15) is 24.8 Å². The first kappa shape index (κ1) is 19.6. The zero-order chi connectivity index (χ0) is 20.1. The fraction of sp³-hybridized carbons (Fsp3) is 0.273. The second-order valence-corrected chi connectivity index (χ2v) is 6.85. The second-order valence-electron chi connectivity index (χ2n) is 6.85. The third-order valence-corrected chi connectivity index (χ3v) is 4.83. The van der Waals surface area contributed by atoms with Crippen LogP contribution in [0.2, 0.25) is 0 Å². The summed E-state index contributed by atoms with van der Waals surface area (Å²) in [6.45, 7) is 0.402. The van der Waals surface area contributed by atoms with Crippen molar-refractivity contribution >= 4 is 22.8 Å². The molecule has 6 heteroatoms. The second kappa shape index (κ2) is 8.69. The Morgan fingerprint density at radius 2 is 1.86 bits per heavy atom. The number of carboxylic acids is 1. The van der Waals surface area contributed by atoms with Crippen molar-refractivity contribution in [1.29, 1.82) is 0 Å². The highest BCUT2D eigenvalue weighted by molar-refractivity contribution is 5.91. The van der Waals surface area contributed by atoms with Gasteiger partial charge in [0, 0.05) is 43.0 Å². The maximum absolute atomic E-state index is 13.8. The number of carbonyl (C=O) groups excluding carboxylic acids is 1. The van der Waals surface area contributed by atoms with Gasteiger partial charge in [-0.25, -0.2) is 4.39 Å². The van der Waals surface area contributed by atoms with Gasteiger partial charge >= 0.3 is 5.97 Å². The van der Waals surface area contributed by atoms with E-state index in [4.69, 9.17) is 5.11 Å². The smallest absolute Gasteiger partial charge is 0.303 e. The molecule has 0 bridgehead atoms. The molecule has 0 unspecified atom stereocenters. The van der Waals surface area contributed by atoms with Crippen molar-refractivity contribution in [2.45, 2.75) is 25.7 Å². The van der Waals surface area contributed by atoms with Crippen molar-refractivity contribution in [3.63, 3.8) is 0 Å². The van der Waals surface area contributed by atoms with E-state index in [-0.39, 0.29) is 24.6 Å². The summed E-state index contributed by atoms with van der Waals surface area (Å²) in [6, 6.07) is 14.4. The Kier molecular flexibility index (Phi) is 6.09. The topological polar surface area (TPSA) is 73.4 Å². The van der Waals surface area contributed by atoms with Gasteiger partial charge in [0.15, 0.2) is 0 Å². The van der Waals surface area contributed by atoms with Gasteiger partial charge in [-0.3, -0.25) is 9.59 Å². The van der Waals surface area contributed by atoms with Crippen molar-refractivity contribution in [1.82, 2.24) is 9.88 Å². The van der Waals surface area contributed by atoms with Crippen molar-refractivity contribution in [3.05, 3.63) is 59.9 Å². The van der Waals surface area contributed by atoms with Crippen LogP contribution in [0.25, 0.3) is 22.2 Å². The summed E-state index contributed by atoms with van der Waals surface area (Å²) in [7, 11) is 1.68. The first-order chi connectivity index (χ1) is 13.5. The third kappa shape index (κ3) is 4.57. The lowest BCUT2D eigenvalue weighted by atomic mass is 10.0.